The molecule has 0 fully saturated rings. The van der Waals surface area contributed by atoms with Crippen molar-refractivity contribution in [1.82, 2.24) is 14.8 Å². The van der Waals surface area contributed by atoms with Gasteiger partial charge in [0.25, 0.3) is 11.5 Å². The molecule has 0 bridgehead atoms. The smallest absolute Gasteiger partial charge is 0.287 e. The molecule has 0 radical (unpaired) electrons. The van der Waals surface area contributed by atoms with E-state index < -0.39 is 17.5 Å². The summed E-state index contributed by atoms with van der Waals surface area (Å²) in [6.45, 7) is -0.343. The van der Waals surface area contributed by atoms with E-state index in [0.717, 1.165) is 10.2 Å². The maximum atomic E-state index is 13.0. The van der Waals surface area contributed by atoms with Crippen LogP contribution in [0.3, 0.4) is 0 Å². The summed E-state index contributed by atoms with van der Waals surface area (Å²) >= 11 is 17.6. The number of nitrogens with zero attached hydrogens (tertiary/aromatic N) is 4. The van der Waals surface area contributed by atoms with Gasteiger partial charge in [0.15, 0.2) is 0 Å². The Morgan fingerprint density at radius 1 is 1.17 bits per heavy atom. The van der Waals surface area contributed by atoms with Gasteiger partial charge in [0, 0.05) is 11.4 Å². The molecule has 4 rings (SSSR count). The van der Waals surface area contributed by atoms with Crippen molar-refractivity contribution in [3.8, 4) is 0 Å². The summed E-state index contributed by atoms with van der Waals surface area (Å²) in [5, 5.41) is 10.1. The molecule has 1 atom stereocenters. The average molecular weight is 452 g/mol. The molecule has 0 N–H and O–H groups in total. The number of hydrogen-bond acceptors (Lipinski definition) is 5. The predicted molar refractivity (Wildman–Crippen MR) is 109 cm³/mol. The number of aromatic nitrogens is 2. The SMILES string of the molecule is O=C(Cn1ncc(Cl)c(Cl)c1=O)N1N=C(c2ccc(Cl)cc2)CC1c1ccco1. The van der Waals surface area contributed by atoms with Gasteiger partial charge in [-0.25, -0.2) is 9.69 Å². The lowest BCUT2D eigenvalue weighted by atomic mass is 10.0. The second-order valence-corrected chi connectivity index (χ2v) is 7.52. The number of carbonyl (C=O) groups excluding carboxylic acids is 1. The Hall–Kier alpha value is -2.61. The number of halogens is 3. The first-order chi connectivity index (χ1) is 13.9. The molecule has 10 heteroatoms. The van der Waals surface area contributed by atoms with Crippen LogP contribution in [0.4, 0.5) is 0 Å². The van der Waals surface area contributed by atoms with Gasteiger partial charge in [-0.1, -0.05) is 46.9 Å². The molecule has 2 aromatic heterocycles. The van der Waals surface area contributed by atoms with Gasteiger partial charge in [-0.2, -0.15) is 10.2 Å². The summed E-state index contributed by atoms with van der Waals surface area (Å²) < 4.78 is 6.45. The van der Waals surface area contributed by atoms with Crippen LogP contribution in [0, 0.1) is 0 Å². The van der Waals surface area contributed by atoms with E-state index in [1.807, 2.05) is 12.1 Å². The number of furan rings is 1. The molecule has 0 spiro atoms. The molecule has 1 unspecified atom stereocenters. The largest absolute Gasteiger partial charge is 0.467 e. The van der Waals surface area contributed by atoms with E-state index in [2.05, 4.69) is 10.2 Å². The molecule has 3 aromatic rings. The highest BCUT2D eigenvalue weighted by atomic mass is 35.5. The Bertz CT molecular complexity index is 1140. The summed E-state index contributed by atoms with van der Waals surface area (Å²) in [6.07, 6.45) is 3.20. The van der Waals surface area contributed by atoms with Crippen LogP contribution in [0.5, 0.6) is 0 Å². The van der Waals surface area contributed by atoms with Gasteiger partial charge in [0.1, 0.15) is 23.4 Å². The molecule has 0 aliphatic carbocycles. The fourth-order valence-electron chi connectivity index (χ4n) is 3.02. The Morgan fingerprint density at radius 3 is 2.62 bits per heavy atom. The van der Waals surface area contributed by atoms with Crippen LogP contribution in [-0.4, -0.2) is 26.4 Å². The summed E-state index contributed by atoms with van der Waals surface area (Å²) in [5.41, 5.74) is 0.889. The molecular weight excluding hydrogens is 439 g/mol. The van der Waals surface area contributed by atoms with E-state index in [1.165, 1.54) is 17.5 Å². The van der Waals surface area contributed by atoms with E-state index in [0.29, 0.717) is 22.9 Å². The minimum atomic E-state index is -0.650. The lowest BCUT2D eigenvalue weighted by Gasteiger charge is -2.20. The van der Waals surface area contributed by atoms with Crippen molar-refractivity contribution >= 4 is 46.4 Å². The van der Waals surface area contributed by atoms with Crippen LogP contribution in [0.25, 0.3) is 0 Å². The number of amides is 1. The zero-order valence-electron chi connectivity index (χ0n) is 14.8. The zero-order chi connectivity index (χ0) is 20.5. The first-order valence-corrected chi connectivity index (χ1v) is 9.67. The maximum absolute atomic E-state index is 13.0. The fourth-order valence-corrected chi connectivity index (χ4v) is 3.41. The Kier molecular flexibility index (Phi) is 5.45. The quantitative estimate of drug-likeness (QED) is 0.596. The third-order valence-electron chi connectivity index (χ3n) is 4.44. The molecule has 0 saturated heterocycles. The third-order valence-corrected chi connectivity index (χ3v) is 5.44. The number of hydrogen-bond donors (Lipinski definition) is 0. The van der Waals surface area contributed by atoms with Crippen molar-refractivity contribution in [2.45, 2.75) is 19.0 Å². The lowest BCUT2D eigenvalue weighted by Crippen LogP contribution is -2.35. The van der Waals surface area contributed by atoms with E-state index in [-0.39, 0.29) is 16.6 Å². The monoisotopic (exact) mass is 450 g/mol. The second kappa shape index (κ2) is 8.02. The molecule has 1 aromatic carbocycles. The summed E-state index contributed by atoms with van der Waals surface area (Å²) in [6, 6.07) is 10.2. The van der Waals surface area contributed by atoms with Crippen LogP contribution in [0.2, 0.25) is 15.1 Å². The average Bonchev–Trinajstić information content (AvgIpc) is 3.38. The van der Waals surface area contributed by atoms with Crippen molar-refractivity contribution in [1.29, 1.82) is 0 Å². The first kappa shape index (κ1) is 19.7. The topological polar surface area (TPSA) is 80.7 Å². The number of benzene rings is 1. The van der Waals surface area contributed by atoms with Crippen molar-refractivity contribution in [2.24, 2.45) is 5.10 Å². The Balaban J connectivity index is 1.66. The van der Waals surface area contributed by atoms with E-state index in [4.69, 9.17) is 39.2 Å². The number of carbonyl (C=O) groups is 1. The molecular formula is C19H13Cl3N4O3. The first-order valence-electron chi connectivity index (χ1n) is 8.54. The molecule has 0 saturated carbocycles. The van der Waals surface area contributed by atoms with Gasteiger partial charge in [0.2, 0.25) is 0 Å². The van der Waals surface area contributed by atoms with Gasteiger partial charge in [-0.3, -0.25) is 9.59 Å². The van der Waals surface area contributed by atoms with Gasteiger partial charge >= 0.3 is 0 Å². The molecule has 148 valence electrons. The molecule has 29 heavy (non-hydrogen) atoms. The fraction of sp³-hybridized carbons (Fsp3) is 0.158. The van der Waals surface area contributed by atoms with E-state index in [1.54, 1.807) is 24.3 Å². The molecule has 1 amide bonds. The minimum absolute atomic E-state index is 0.0260. The molecule has 3 heterocycles. The van der Waals surface area contributed by atoms with Crippen molar-refractivity contribution < 1.29 is 9.21 Å². The van der Waals surface area contributed by atoms with Gasteiger partial charge < -0.3 is 4.42 Å². The van der Waals surface area contributed by atoms with Crippen molar-refractivity contribution in [3.05, 3.63) is 85.6 Å². The van der Waals surface area contributed by atoms with Crippen LogP contribution in [0.1, 0.15) is 23.8 Å². The predicted octanol–water partition coefficient (Wildman–Crippen LogP) is 4.17. The van der Waals surface area contributed by atoms with Gasteiger partial charge in [-0.15, -0.1) is 0 Å². The van der Waals surface area contributed by atoms with Gasteiger partial charge in [0.05, 0.1) is 23.2 Å². The van der Waals surface area contributed by atoms with E-state index >= 15 is 0 Å². The van der Waals surface area contributed by atoms with Crippen molar-refractivity contribution in [2.75, 3.05) is 0 Å². The standard InChI is InChI=1S/C19H13Cl3N4O3/c20-12-5-3-11(4-6-12)14-8-15(16-2-1-7-29-16)26(24-14)17(27)10-25-19(28)18(22)13(21)9-23-25/h1-7,9,15H,8,10H2. The summed E-state index contributed by atoms with van der Waals surface area (Å²) in [7, 11) is 0. The number of hydrazone groups is 1. The summed E-state index contributed by atoms with van der Waals surface area (Å²) in [5.74, 6) is 0.142. The van der Waals surface area contributed by atoms with Crippen LogP contribution >= 0.6 is 34.8 Å². The Morgan fingerprint density at radius 2 is 1.93 bits per heavy atom. The van der Waals surface area contributed by atoms with Crippen LogP contribution in [0.15, 0.2) is 63.2 Å². The highest BCUT2D eigenvalue weighted by molar-refractivity contribution is 6.41. The minimum Gasteiger partial charge on any atom is -0.467 e. The highest BCUT2D eigenvalue weighted by Gasteiger charge is 2.35. The van der Waals surface area contributed by atoms with Gasteiger partial charge in [-0.05, 0) is 29.8 Å². The molecule has 1 aliphatic rings. The van der Waals surface area contributed by atoms with Crippen molar-refractivity contribution in [3.63, 3.8) is 0 Å². The van der Waals surface area contributed by atoms with E-state index in [9.17, 15) is 9.59 Å². The number of rotatable bonds is 4. The lowest BCUT2D eigenvalue weighted by molar-refractivity contribution is -0.134. The Labute approximate surface area is 180 Å². The van der Waals surface area contributed by atoms with Crippen LogP contribution in [-0.2, 0) is 11.3 Å². The second-order valence-electron chi connectivity index (χ2n) is 6.30. The van der Waals surface area contributed by atoms with Crippen LogP contribution < -0.4 is 5.56 Å². The molecule has 7 nitrogen and oxygen atoms in total. The summed E-state index contributed by atoms with van der Waals surface area (Å²) in [4.78, 5) is 25.2. The normalized spacial score (nSPS) is 16.2. The third kappa shape index (κ3) is 3.94. The maximum Gasteiger partial charge on any atom is 0.287 e. The highest BCUT2D eigenvalue weighted by Crippen LogP contribution is 2.33. The zero-order valence-corrected chi connectivity index (χ0v) is 17.0. The molecule has 1 aliphatic heterocycles.